The molecule has 0 bridgehead atoms. The summed E-state index contributed by atoms with van der Waals surface area (Å²) >= 11 is 0. The number of hydrogen-bond acceptors (Lipinski definition) is 6. The monoisotopic (exact) mass is 295 g/mol. The molecule has 4 N–H and O–H groups in total. The van der Waals surface area contributed by atoms with Gasteiger partial charge in [-0.2, -0.15) is 4.98 Å². The van der Waals surface area contributed by atoms with Crippen molar-refractivity contribution in [3.8, 4) is 0 Å². The van der Waals surface area contributed by atoms with Crippen LogP contribution in [0.3, 0.4) is 0 Å². The SMILES string of the molecule is C=C[C@@]1(CO)C[C@@H](F)[C@H](n2cnc3c(=O)[nH]c(N)nc32)O1. The molecule has 1 saturated heterocycles. The number of nitrogen functional groups attached to an aromatic ring is 1. The van der Waals surface area contributed by atoms with Gasteiger partial charge in [0.1, 0.15) is 11.8 Å². The van der Waals surface area contributed by atoms with Crippen molar-refractivity contribution in [3.63, 3.8) is 0 Å². The van der Waals surface area contributed by atoms with E-state index in [2.05, 4.69) is 21.5 Å². The number of aromatic amines is 1. The van der Waals surface area contributed by atoms with Crippen molar-refractivity contribution in [3.05, 3.63) is 29.3 Å². The van der Waals surface area contributed by atoms with E-state index in [1.54, 1.807) is 0 Å². The lowest BCUT2D eigenvalue weighted by Crippen LogP contribution is -2.30. The van der Waals surface area contributed by atoms with Crippen LogP contribution in [0.15, 0.2) is 23.8 Å². The van der Waals surface area contributed by atoms with Crippen LogP contribution >= 0.6 is 0 Å². The predicted molar refractivity (Wildman–Crippen MR) is 72.2 cm³/mol. The molecule has 112 valence electrons. The zero-order valence-electron chi connectivity index (χ0n) is 11.0. The molecule has 0 aliphatic carbocycles. The van der Waals surface area contributed by atoms with Crippen LogP contribution < -0.4 is 11.3 Å². The Hall–Kier alpha value is -2.26. The highest BCUT2D eigenvalue weighted by molar-refractivity contribution is 5.70. The van der Waals surface area contributed by atoms with E-state index in [4.69, 9.17) is 10.5 Å². The number of imidazole rings is 1. The van der Waals surface area contributed by atoms with E-state index in [1.807, 2.05) is 0 Å². The van der Waals surface area contributed by atoms with Crippen LogP contribution in [-0.4, -0.2) is 43.0 Å². The number of aromatic nitrogens is 4. The quantitative estimate of drug-likeness (QED) is 0.679. The average molecular weight is 295 g/mol. The first kappa shape index (κ1) is 13.7. The molecule has 0 radical (unpaired) electrons. The largest absolute Gasteiger partial charge is 0.393 e. The lowest BCUT2D eigenvalue weighted by atomic mass is 10.0. The van der Waals surface area contributed by atoms with Crippen molar-refractivity contribution >= 4 is 17.1 Å². The zero-order chi connectivity index (χ0) is 15.2. The third kappa shape index (κ3) is 2.01. The van der Waals surface area contributed by atoms with Crippen molar-refractivity contribution in [2.75, 3.05) is 12.3 Å². The minimum absolute atomic E-state index is 0.0418. The van der Waals surface area contributed by atoms with Crippen LogP contribution in [-0.2, 0) is 4.74 Å². The number of H-pyrrole nitrogens is 1. The van der Waals surface area contributed by atoms with E-state index < -0.39 is 30.2 Å². The molecular weight excluding hydrogens is 281 g/mol. The molecule has 0 amide bonds. The van der Waals surface area contributed by atoms with Gasteiger partial charge < -0.3 is 15.6 Å². The Balaban J connectivity index is 2.09. The summed E-state index contributed by atoms with van der Waals surface area (Å²) in [5, 5.41) is 9.37. The van der Waals surface area contributed by atoms with Gasteiger partial charge in [0.15, 0.2) is 17.4 Å². The number of anilines is 1. The maximum atomic E-state index is 14.3. The van der Waals surface area contributed by atoms with Gasteiger partial charge in [0.25, 0.3) is 5.56 Å². The van der Waals surface area contributed by atoms with Crippen LogP contribution in [0.1, 0.15) is 12.6 Å². The van der Waals surface area contributed by atoms with Crippen molar-refractivity contribution < 1.29 is 14.2 Å². The average Bonchev–Trinajstić information content (AvgIpc) is 3.00. The topological polar surface area (TPSA) is 119 Å². The first-order valence-corrected chi connectivity index (χ1v) is 6.28. The number of nitrogens with zero attached hydrogens (tertiary/aromatic N) is 3. The molecule has 3 heterocycles. The maximum absolute atomic E-state index is 14.3. The van der Waals surface area contributed by atoms with E-state index in [9.17, 15) is 14.3 Å². The molecule has 1 aliphatic rings. The molecule has 3 rings (SSSR count). The molecule has 8 nitrogen and oxygen atoms in total. The van der Waals surface area contributed by atoms with Gasteiger partial charge in [-0.05, 0) is 0 Å². The van der Waals surface area contributed by atoms with Crippen LogP contribution in [0.2, 0.25) is 0 Å². The highest BCUT2D eigenvalue weighted by Crippen LogP contribution is 2.39. The third-order valence-electron chi connectivity index (χ3n) is 3.57. The molecule has 2 aromatic rings. The van der Waals surface area contributed by atoms with Gasteiger partial charge in [-0.15, -0.1) is 6.58 Å². The summed E-state index contributed by atoms with van der Waals surface area (Å²) in [6, 6.07) is 0. The second-order valence-electron chi connectivity index (χ2n) is 4.93. The number of hydrogen-bond donors (Lipinski definition) is 3. The maximum Gasteiger partial charge on any atom is 0.280 e. The summed E-state index contributed by atoms with van der Waals surface area (Å²) in [6.07, 6.45) is 0.118. The lowest BCUT2D eigenvalue weighted by Gasteiger charge is -2.22. The minimum atomic E-state index is -1.41. The number of alkyl halides is 1. The highest BCUT2D eigenvalue weighted by atomic mass is 19.1. The first-order valence-electron chi connectivity index (χ1n) is 6.28. The number of nitrogens with two attached hydrogens (primary N) is 1. The Morgan fingerprint density at radius 2 is 2.52 bits per heavy atom. The molecule has 1 fully saturated rings. The first-order chi connectivity index (χ1) is 9.99. The van der Waals surface area contributed by atoms with Crippen molar-refractivity contribution in [2.24, 2.45) is 0 Å². The summed E-state index contributed by atoms with van der Waals surface area (Å²) in [5.74, 6) is -0.0974. The number of ether oxygens (including phenoxy) is 1. The summed E-state index contributed by atoms with van der Waals surface area (Å²) in [7, 11) is 0. The second kappa shape index (κ2) is 4.64. The number of halogens is 1. The van der Waals surface area contributed by atoms with E-state index in [0.29, 0.717) is 0 Å². The van der Waals surface area contributed by atoms with Gasteiger partial charge in [-0.25, -0.2) is 9.37 Å². The molecular formula is C12H14FN5O3. The van der Waals surface area contributed by atoms with Crippen LogP contribution in [0.25, 0.3) is 11.2 Å². The van der Waals surface area contributed by atoms with E-state index in [1.165, 1.54) is 17.0 Å². The molecule has 9 heteroatoms. The summed E-state index contributed by atoms with van der Waals surface area (Å²) < 4.78 is 21.1. The van der Waals surface area contributed by atoms with Crippen molar-refractivity contribution in [1.29, 1.82) is 0 Å². The minimum Gasteiger partial charge on any atom is -0.393 e. The molecule has 0 spiro atoms. The summed E-state index contributed by atoms with van der Waals surface area (Å²) in [5.41, 5.74) is 3.99. The fourth-order valence-corrected chi connectivity index (χ4v) is 2.45. The van der Waals surface area contributed by atoms with E-state index >= 15 is 0 Å². The van der Waals surface area contributed by atoms with Gasteiger partial charge in [0.05, 0.1) is 12.9 Å². The van der Waals surface area contributed by atoms with Gasteiger partial charge in [-0.1, -0.05) is 6.08 Å². The highest BCUT2D eigenvalue weighted by Gasteiger charge is 2.46. The van der Waals surface area contributed by atoms with E-state index in [-0.39, 0.29) is 23.5 Å². The Morgan fingerprint density at radius 1 is 1.76 bits per heavy atom. The normalized spacial score (nSPS) is 29.0. The van der Waals surface area contributed by atoms with Gasteiger partial charge in [0.2, 0.25) is 5.95 Å². The molecule has 2 aromatic heterocycles. The Bertz CT molecular complexity index is 757. The molecule has 0 saturated carbocycles. The van der Waals surface area contributed by atoms with Gasteiger partial charge in [-0.3, -0.25) is 14.3 Å². The van der Waals surface area contributed by atoms with Crippen LogP contribution in [0.4, 0.5) is 10.3 Å². The Labute approximate surface area is 118 Å². The Morgan fingerprint density at radius 3 is 3.14 bits per heavy atom. The molecule has 21 heavy (non-hydrogen) atoms. The number of rotatable bonds is 3. The predicted octanol–water partition coefficient (Wildman–Crippen LogP) is -0.124. The Kier molecular flexibility index (Phi) is 3.03. The molecule has 3 atom stereocenters. The smallest absolute Gasteiger partial charge is 0.280 e. The van der Waals surface area contributed by atoms with Crippen molar-refractivity contribution in [1.82, 2.24) is 19.5 Å². The molecule has 0 unspecified atom stereocenters. The number of nitrogens with one attached hydrogen (secondary N) is 1. The fraction of sp³-hybridized carbons (Fsp3) is 0.417. The zero-order valence-corrected chi connectivity index (χ0v) is 11.0. The van der Waals surface area contributed by atoms with Gasteiger partial charge in [0, 0.05) is 6.42 Å². The second-order valence-corrected chi connectivity index (χ2v) is 4.93. The van der Waals surface area contributed by atoms with Crippen molar-refractivity contribution in [2.45, 2.75) is 24.4 Å². The molecule has 0 aromatic carbocycles. The standard InChI is InChI=1S/C12H14FN5O3/c1-2-12(4-19)3-6(13)10(21-12)18-5-15-7-8(18)16-11(14)17-9(7)20/h2,5-6,10,19H,1,3-4H2,(H3,14,16,17,20)/t6-,10-,12+/m1/s1. The summed E-state index contributed by atoms with van der Waals surface area (Å²) in [4.78, 5) is 21.9. The van der Waals surface area contributed by atoms with Crippen LogP contribution in [0.5, 0.6) is 0 Å². The molecule has 1 aliphatic heterocycles. The fourth-order valence-electron chi connectivity index (χ4n) is 2.45. The lowest BCUT2D eigenvalue weighted by molar-refractivity contribution is -0.0759. The van der Waals surface area contributed by atoms with E-state index in [0.717, 1.165) is 0 Å². The number of aliphatic hydroxyl groups excluding tert-OH is 1. The van der Waals surface area contributed by atoms with Gasteiger partial charge >= 0.3 is 0 Å². The summed E-state index contributed by atoms with van der Waals surface area (Å²) in [6.45, 7) is 3.17. The number of fused-ring (bicyclic) bond motifs is 1. The third-order valence-corrected chi connectivity index (χ3v) is 3.57. The van der Waals surface area contributed by atoms with Crippen LogP contribution in [0, 0.1) is 0 Å². The number of aliphatic hydroxyl groups is 1.